The molecule has 0 aromatic rings. The van der Waals surface area contributed by atoms with Gasteiger partial charge in [-0.1, -0.05) is 36.5 Å². The van der Waals surface area contributed by atoms with Gasteiger partial charge in [0.05, 0.1) is 0 Å². The van der Waals surface area contributed by atoms with Crippen molar-refractivity contribution < 1.29 is 4.39 Å². The minimum Gasteiger partial charge on any atom is -0.208 e. The summed E-state index contributed by atoms with van der Waals surface area (Å²) in [5.41, 5.74) is 0. The average molecular weight is 145 g/mol. The highest BCUT2D eigenvalue weighted by molar-refractivity contribution is 6.47. The molecule has 0 aliphatic heterocycles. The van der Waals surface area contributed by atoms with Gasteiger partial charge in [0.15, 0.2) is 0 Å². The van der Waals surface area contributed by atoms with Crippen molar-refractivity contribution in [1.82, 2.24) is 0 Å². The second kappa shape index (κ2) is 2.73. The van der Waals surface area contributed by atoms with Gasteiger partial charge >= 0.3 is 0 Å². The van der Waals surface area contributed by atoms with Crippen molar-refractivity contribution in [2.24, 2.45) is 0 Å². The van der Waals surface area contributed by atoms with Gasteiger partial charge < -0.3 is 0 Å². The molecule has 0 atom stereocenters. The van der Waals surface area contributed by atoms with Crippen molar-refractivity contribution in [1.29, 1.82) is 0 Å². The Kier molecular flexibility index (Phi) is 2.93. The molecule has 0 aromatic heterocycles. The van der Waals surface area contributed by atoms with Crippen LogP contribution in [0.5, 0.6) is 0 Å². The van der Waals surface area contributed by atoms with Crippen LogP contribution in [0.1, 0.15) is 19.8 Å². The molecule has 0 fully saturated rings. The highest BCUT2D eigenvalue weighted by atomic mass is 35.5. The molecule has 0 saturated heterocycles. The molecule has 0 rings (SSSR count). The third-order valence-electron chi connectivity index (χ3n) is 0.533. The lowest BCUT2D eigenvalue weighted by atomic mass is 10.4. The molecule has 0 unspecified atom stereocenters. The van der Waals surface area contributed by atoms with Crippen molar-refractivity contribution in [2.75, 3.05) is 0 Å². The third kappa shape index (κ3) is 6.51. The molecular formula is C4H7Cl2F. The van der Waals surface area contributed by atoms with Gasteiger partial charge in [-0.3, -0.25) is 0 Å². The Morgan fingerprint density at radius 2 is 2.00 bits per heavy atom. The first-order valence-corrected chi connectivity index (χ1v) is 2.88. The van der Waals surface area contributed by atoms with Crippen LogP contribution >= 0.6 is 23.2 Å². The van der Waals surface area contributed by atoms with E-state index >= 15 is 0 Å². The standard InChI is InChI=1S/C4H7Cl2F/c1-2-3-4(5,6)7/h2-3H2,1H3. The van der Waals surface area contributed by atoms with Gasteiger partial charge in [-0.25, -0.2) is 4.39 Å². The number of hydrogen-bond acceptors (Lipinski definition) is 0. The highest BCUT2D eigenvalue weighted by Gasteiger charge is 2.19. The molecule has 0 bridgehead atoms. The van der Waals surface area contributed by atoms with E-state index in [0.717, 1.165) is 0 Å². The van der Waals surface area contributed by atoms with Crippen molar-refractivity contribution in [3.63, 3.8) is 0 Å². The lowest BCUT2D eigenvalue weighted by molar-refractivity contribution is 0.368. The van der Waals surface area contributed by atoms with Gasteiger partial charge in [0, 0.05) is 6.42 Å². The van der Waals surface area contributed by atoms with Crippen molar-refractivity contribution >= 4 is 23.2 Å². The van der Waals surface area contributed by atoms with E-state index in [2.05, 4.69) is 0 Å². The van der Waals surface area contributed by atoms with Crippen LogP contribution in [0, 0.1) is 0 Å². The Morgan fingerprint density at radius 3 is 2.00 bits per heavy atom. The molecule has 0 spiro atoms. The molecule has 0 heterocycles. The fourth-order valence-electron chi connectivity index (χ4n) is 0.283. The predicted molar refractivity (Wildman–Crippen MR) is 30.5 cm³/mol. The number of rotatable bonds is 2. The summed E-state index contributed by atoms with van der Waals surface area (Å²) in [4.78, 5) is 0. The van der Waals surface area contributed by atoms with Crippen LogP contribution in [-0.4, -0.2) is 4.59 Å². The van der Waals surface area contributed by atoms with Gasteiger partial charge in [0.2, 0.25) is 0 Å². The summed E-state index contributed by atoms with van der Waals surface area (Å²) >= 11 is 9.86. The van der Waals surface area contributed by atoms with Gasteiger partial charge in [0.1, 0.15) is 0 Å². The molecule has 3 heteroatoms. The molecule has 0 N–H and O–H groups in total. The molecule has 7 heavy (non-hydrogen) atoms. The SMILES string of the molecule is CCCC(F)(Cl)Cl. The second-order valence-electron chi connectivity index (χ2n) is 1.37. The summed E-state index contributed by atoms with van der Waals surface area (Å²) in [6, 6.07) is 0. The first-order chi connectivity index (χ1) is 3.06. The first-order valence-electron chi connectivity index (χ1n) is 2.13. The second-order valence-corrected chi connectivity index (χ2v) is 2.76. The lowest BCUT2D eigenvalue weighted by Crippen LogP contribution is -2.00. The molecule has 0 radical (unpaired) electrons. The highest BCUT2D eigenvalue weighted by Crippen LogP contribution is 2.27. The minimum absolute atomic E-state index is 0.204. The van der Waals surface area contributed by atoms with Crippen LogP contribution in [0.15, 0.2) is 0 Å². The summed E-state index contributed by atoms with van der Waals surface area (Å²) < 4.78 is 9.91. The smallest absolute Gasteiger partial charge is 0.208 e. The van der Waals surface area contributed by atoms with E-state index in [1.807, 2.05) is 6.92 Å². The number of hydrogen-bond donors (Lipinski definition) is 0. The van der Waals surface area contributed by atoms with Crippen LogP contribution in [-0.2, 0) is 0 Å². The predicted octanol–water partition coefficient (Wildman–Crippen LogP) is 2.89. The quantitative estimate of drug-likeness (QED) is 0.524. The zero-order valence-corrected chi connectivity index (χ0v) is 5.56. The van der Waals surface area contributed by atoms with Crippen LogP contribution in [0.4, 0.5) is 4.39 Å². The Hall–Kier alpha value is 0.510. The maximum Gasteiger partial charge on any atom is 0.257 e. The Balaban J connectivity index is 3.15. The summed E-state index contributed by atoms with van der Waals surface area (Å²) in [5, 5.41) is 0. The van der Waals surface area contributed by atoms with Gasteiger partial charge in [0.25, 0.3) is 4.59 Å². The number of halogens is 3. The normalized spacial score (nSPS) is 12.0. The average Bonchev–Trinajstić information content (AvgIpc) is 1.30. The van der Waals surface area contributed by atoms with E-state index in [4.69, 9.17) is 23.2 Å². The third-order valence-corrected chi connectivity index (χ3v) is 0.911. The molecule has 44 valence electrons. The van der Waals surface area contributed by atoms with Crippen LogP contribution in [0.25, 0.3) is 0 Å². The maximum atomic E-state index is 11.9. The monoisotopic (exact) mass is 144 g/mol. The Morgan fingerprint density at radius 1 is 1.57 bits per heavy atom. The van der Waals surface area contributed by atoms with Gasteiger partial charge in [-0.2, -0.15) is 0 Å². The lowest BCUT2D eigenvalue weighted by Gasteiger charge is -2.03. The molecule has 0 saturated carbocycles. The first kappa shape index (κ1) is 7.51. The van der Waals surface area contributed by atoms with E-state index in [1.165, 1.54) is 0 Å². The van der Waals surface area contributed by atoms with E-state index in [-0.39, 0.29) is 6.42 Å². The van der Waals surface area contributed by atoms with E-state index in [0.29, 0.717) is 6.42 Å². The summed E-state index contributed by atoms with van der Waals surface area (Å²) in [7, 11) is 0. The zero-order valence-electron chi connectivity index (χ0n) is 4.05. The van der Waals surface area contributed by atoms with E-state index in [9.17, 15) is 4.39 Å². The molecular weight excluding hydrogens is 138 g/mol. The van der Waals surface area contributed by atoms with E-state index in [1.54, 1.807) is 0 Å². The van der Waals surface area contributed by atoms with E-state index < -0.39 is 4.59 Å². The number of alkyl halides is 3. The molecule has 0 aliphatic carbocycles. The van der Waals surface area contributed by atoms with Crippen LogP contribution in [0.3, 0.4) is 0 Å². The summed E-state index contributed by atoms with van der Waals surface area (Å²) in [5.74, 6) is 0. The maximum absolute atomic E-state index is 11.9. The fourth-order valence-corrected chi connectivity index (χ4v) is 0.661. The summed E-state index contributed by atoms with van der Waals surface area (Å²) in [6.45, 7) is 1.82. The molecule has 0 amide bonds. The zero-order chi connectivity index (χ0) is 5.91. The molecule has 0 nitrogen and oxygen atoms in total. The van der Waals surface area contributed by atoms with Crippen molar-refractivity contribution in [2.45, 2.75) is 24.4 Å². The van der Waals surface area contributed by atoms with Crippen LogP contribution in [0.2, 0.25) is 0 Å². The van der Waals surface area contributed by atoms with Crippen molar-refractivity contribution in [3.8, 4) is 0 Å². The van der Waals surface area contributed by atoms with Gasteiger partial charge in [-0.05, 0) is 0 Å². The Labute approximate surface area is 52.6 Å². The van der Waals surface area contributed by atoms with Crippen molar-refractivity contribution in [3.05, 3.63) is 0 Å². The molecule has 0 aliphatic rings. The fraction of sp³-hybridized carbons (Fsp3) is 1.00. The molecule has 0 aromatic carbocycles. The largest absolute Gasteiger partial charge is 0.257 e. The summed E-state index contributed by atoms with van der Waals surface area (Å²) in [6.07, 6.45) is 0.875. The minimum atomic E-state index is -2.01. The Bertz CT molecular complexity index is 48.1. The van der Waals surface area contributed by atoms with Crippen LogP contribution < -0.4 is 0 Å². The van der Waals surface area contributed by atoms with Gasteiger partial charge in [-0.15, -0.1) is 0 Å². The topological polar surface area (TPSA) is 0 Å².